The van der Waals surface area contributed by atoms with E-state index in [0.29, 0.717) is 13.1 Å². The summed E-state index contributed by atoms with van der Waals surface area (Å²) < 4.78 is 10.8. The number of hydrogen-bond acceptors (Lipinski definition) is 4. The number of methoxy groups -OCH3 is 2. The van der Waals surface area contributed by atoms with Crippen molar-refractivity contribution < 1.29 is 9.47 Å². The molecule has 1 unspecified atom stereocenters. The molecule has 0 amide bonds. The van der Waals surface area contributed by atoms with E-state index in [2.05, 4.69) is 42.5 Å². The Balaban J connectivity index is 0.00000420. The van der Waals surface area contributed by atoms with Gasteiger partial charge in [-0.05, 0) is 37.4 Å². The molecular formula is C22H33IN4O2. The monoisotopic (exact) mass is 512 g/mol. The maximum atomic E-state index is 5.46. The lowest BCUT2D eigenvalue weighted by Gasteiger charge is -2.28. The van der Waals surface area contributed by atoms with Gasteiger partial charge in [0.2, 0.25) is 0 Å². The average Bonchev–Trinajstić information content (AvgIpc) is 2.70. The first-order valence-corrected chi connectivity index (χ1v) is 9.34. The molecule has 1 N–H and O–H groups in total. The van der Waals surface area contributed by atoms with E-state index in [9.17, 15) is 0 Å². The van der Waals surface area contributed by atoms with Gasteiger partial charge in [-0.25, -0.2) is 4.99 Å². The SMILES string of the molecule is COc1ccc(C(CNC(=NCc2ccccc2)N(C)C)N(C)C)cc1OC.I. The molecule has 1 atom stereocenters. The lowest BCUT2D eigenvalue weighted by atomic mass is 10.1. The van der Waals surface area contributed by atoms with Crippen molar-refractivity contribution in [3.05, 3.63) is 59.7 Å². The number of hydrogen-bond donors (Lipinski definition) is 1. The van der Waals surface area contributed by atoms with Crippen LogP contribution in [0, 0.1) is 0 Å². The van der Waals surface area contributed by atoms with Crippen LogP contribution in [-0.2, 0) is 6.54 Å². The summed E-state index contributed by atoms with van der Waals surface area (Å²) in [6.07, 6.45) is 0. The number of benzene rings is 2. The summed E-state index contributed by atoms with van der Waals surface area (Å²) >= 11 is 0. The third kappa shape index (κ3) is 7.40. The zero-order chi connectivity index (χ0) is 20.5. The van der Waals surface area contributed by atoms with Crippen LogP contribution < -0.4 is 14.8 Å². The second-order valence-corrected chi connectivity index (χ2v) is 6.99. The molecule has 0 heterocycles. The largest absolute Gasteiger partial charge is 0.493 e. The van der Waals surface area contributed by atoms with E-state index in [0.717, 1.165) is 23.0 Å². The van der Waals surface area contributed by atoms with Crippen molar-refractivity contribution in [3.8, 4) is 11.5 Å². The Morgan fingerprint density at radius 3 is 2.17 bits per heavy atom. The Labute approximate surface area is 191 Å². The van der Waals surface area contributed by atoms with Crippen molar-refractivity contribution in [3.63, 3.8) is 0 Å². The number of likely N-dealkylation sites (N-methyl/N-ethyl adjacent to an activating group) is 1. The first kappa shape index (κ1) is 25.0. The number of guanidine groups is 1. The van der Waals surface area contributed by atoms with Crippen LogP contribution in [0.2, 0.25) is 0 Å². The molecule has 2 rings (SSSR count). The van der Waals surface area contributed by atoms with Gasteiger partial charge >= 0.3 is 0 Å². The van der Waals surface area contributed by atoms with Crippen LogP contribution in [0.4, 0.5) is 0 Å². The molecule has 0 radical (unpaired) electrons. The van der Waals surface area contributed by atoms with E-state index in [4.69, 9.17) is 14.5 Å². The van der Waals surface area contributed by atoms with Crippen LogP contribution in [0.5, 0.6) is 11.5 Å². The van der Waals surface area contributed by atoms with Crippen molar-refractivity contribution in [1.29, 1.82) is 0 Å². The van der Waals surface area contributed by atoms with Crippen LogP contribution in [0.15, 0.2) is 53.5 Å². The van der Waals surface area contributed by atoms with E-state index in [-0.39, 0.29) is 30.0 Å². The van der Waals surface area contributed by atoms with E-state index in [1.54, 1.807) is 14.2 Å². The van der Waals surface area contributed by atoms with Crippen LogP contribution in [0.3, 0.4) is 0 Å². The third-order valence-electron chi connectivity index (χ3n) is 4.55. The highest BCUT2D eigenvalue weighted by molar-refractivity contribution is 14.0. The van der Waals surface area contributed by atoms with Crippen molar-refractivity contribution in [1.82, 2.24) is 15.1 Å². The van der Waals surface area contributed by atoms with Crippen molar-refractivity contribution in [2.75, 3.05) is 49.0 Å². The number of aliphatic imine (C=N–C) groups is 1. The minimum atomic E-state index is 0. The predicted molar refractivity (Wildman–Crippen MR) is 131 cm³/mol. The topological polar surface area (TPSA) is 49.3 Å². The van der Waals surface area contributed by atoms with Gasteiger partial charge in [0, 0.05) is 20.6 Å². The number of nitrogens with one attached hydrogen (secondary N) is 1. The summed E-state index contributed by atoms with van der Waals surface area (Å²) in [6.45, 7) is 1.36. The summed E-state index contributed by atoms with van der Waals surface area (Å²) in [5.74, 6) is 2.32. The fourth-order valence-electron chi connectivity index (χ4n) is 2.95. The lowest BCUT2D eigenvalue weighted by molar-refractivity contribution is 0.294. The molecule has 6 nitrogen and oxygen atoms in total. The minimum absolute atomic E-state index is 0. The normalized spacial score (nSPS) is 12.2. The average molecular weight is 512 g/mol. The zero-order valence-electron chi connectivity index (χ0n) is 18.2. The fraction of sp³-hybridized carbons (Fsp3) is 0.409. The highest BCUT2D eigenvalue weighted by Gasteiger charge is 2.17. The zero-order valence-corrected chi connectivity index (χ0v) is 20.5. The molecule has 0 saturated carbocycles. The molecule has 2 aromatic rings. The van der Waals surface area contributed by atoms with Crippen LogP contribution in [-0.4, -0.2) is 64.7 Å². The van der Waals surface area contributed by atoms with E-state index < -0.39 is 0 Å². The summed E-state index contributed by atoms with van der Waals surface area (Å²) in [5.41, 5.74) is 2.34. The van der Waals surface area contributed by atoms with Gasteiger partial charge < -0.3 is 24.6 Å². The molecule has 0 aliphatic rings. The second-order valence-electron chi connectivity index (χ2n) is 6.99. The van der Waals surface area contributed by atoms with Gasteiger partial charge in [-0.2, -0.15) is 0 Å². The second kappa shape index (κ2) is 12.5. The summed E-state index contributed by atoms with van der Waals surface area (Å²) in [4.78, 5) is 8.93. The van der Waals surface area contributed by atoms with Crippen LogP contribution >= 0.6 is 24.0 Å². The predicted octanol–water partition coefficient (Wildman–Crippen LogP) is 3.63. The van der Waals surface area contributed by atoms with Crippen LogP contribution in [0.25, 0.3) is 0 Å². The Morgan fingerprint density at radius 1 is 0.966 bits per heavy atom. The van der Waals surface area contributed by atoms with Gasteiger partial charge in [0.25, 0.3) is 0 Å². The molecule has 2 aromatic carbocycles. The molecule has 29 heavy (non-hydrogen) atoms. The minimum Gasteiger partial charge on any atom is -0.493 e. The molecule has 160 valence electrons. The molecule has 0 aliphatic heterocycles. The third-order valence-corrected chi connectivity index (χ3v) is 4.55. The molecular weight excluding hydrogens is 479 g/mol. The van der Waals surface area contributed by atoms with Gasteiger partial charge in [-0.15, -0.1) is 24.0 Å². The number of nitrogens with zero attached hydrogens (tertiary/aromatic N) is 3. The van der Waals surface area contributed by atoms with Crippen molar-refractivity contribution in [2.24, 2.45) is 4.99 Å². The Morgan fingerprint density at radius 2 is 1.62 bits per heavy atom. The van der Waals surface area contributed by atoms with Crippen molar-refractivity contribution >= 4 is 29.9 Å². The molecule has 0 bridgehead atoms. The van der Waals surface area contributed by atoms with Crippen LogP contribution in [0.1, 0.15) is 17.2 Å². The van der Waals surface area contributed by atoms with Gasteiger partial charge in [-0.1, -0.05) is 36.4 Å². The van der Waals surface area contributed by atoms with E-state index >= 15 is 0 Å². The highest BCUT2D eigenvalue weighted by Crippen LogP contribution is 2.31. The van der Waals surface area contributed by atoms with Crippen molar-refractivity contribution in [2.45, 2.75) is 12.6 Å². The van der Waals surface area contributed by atoms with Gasteiger partial charge in [0.05, 0.1) is 26.8 Å². The first-order valence-electron chi connectivity index (χ1n) is 9.34. The molecule has 0 aliphatic carbocycles. The summed E-state index contributed by atoms with van der Waals surface area (Å²) in [6, 6.07) is 16.5. The maximum absolute atomic E-state index is 5.46. The Hall–Kier alpha value is -2.00. The standard InChI is InChI=1S/C22H32N4O2.HI/c1-25(2)19(18-12-13-20(27-5)21(14-18)28-6)16-24-22(26(3)4)23-15-17-10-8-7-9-11-17;/h7-14,19H,15-16H2,1-6H3,(H,23,24);1H. The number of rotatable bonds is 8. The van der Waals surface area contributed by atoms with Gasteiger partial charge in [0.1, 0.15) is 0 Å². The quantitative estimate of drug-likeness (QED) is 0.333. The van der Waals surface area contributed by atoms with Gasteiger partial charge in [0.15, 0.2) is 17.5 Å². The molecule has 0 fully saturated rings. The van der Waals surface area contributed by atoms with Gasteiger partial charge in [-0.3, -0.25) is 0 Å². The molecule has 0 spiro atoms. The number of ether oxygens (including phenoxy) is 2. The highest BCUT2D eigenvalue weighted by atomic mass is 127. The summed E-state index contributed by atoms with van der Waals surface area (Å²) in [5, 5.41) is 3.50. The smallest absolute Gasteiger partial charge is 0.193 e. The Bertz CT molecular complexity index is 767. The lowest BCUT2D eigenvalue weighted by Crippen LogP contribution is -2.41. The molecule has 0 aromatic heterocycles. The summed E-state index contributed by atoms with van der Waals surface area (Å²) in [7, 11) is 11.4. The fourth-order valence-corrected chi connectivity index (χ4v) is 2.95. The molecule has 0 saturated heterocycles. The van der Waals surface area contributed by atoms with E-state index in [1.165, 1.54) is 5.56 Å². The van der Waals surface area contributed by atoms with E-state index in [1.807, 2.05) is 49.3 Å². The first-order chi connectivity index (χ1) is 13.5. The number of halogens is 1. The Kier molecular flexibility index (Phi) is 10.8. The maximum Gasteiger partial charge on any atom is 0.193 e. The molecule has 7 heteroatoms.